The van der Waals surface area contributed by atoms with E-state index in [1.165, 1.54) is 0 Å². The van der Waals surface area contributed by atoms with Gasteiger partial charge in [-0.2, -0.15) is 0 Å². The fraction of sp³-hybridized carbons (Fsp3) is 0.176. The van der Waals surface area contributed by atoms with Gasteiger partial charge in [-0.15, -0.1) is 0 Å². The van der Waals surface area contributed by atoms with Crippen molar-refractivity contribution < 1.29 is 9.53 Å². The van der Waals surface area contributed by atoms with Crippen LogP contribution in [0.15, 0.2) is 53.0 Å². The Morgan fingerprint density at radius 2 is 1.96 bits per heavy atom. The maximum atomic E-state index is 12.1. The van der Waals surface area contributed by atoms with Gasteiger partial charge in [-0.3, -0.25) is 10.1 Å². The van der Waals surface area contributed by atoms with Crippen molar-refractivity contribution in [3.8, 4) is 5.75 Å². The molecule has 0 aliphatic rings. The summed E-state index contributed by atoms with van der Waals surface area (Å²) in [6, 6.07) is 14.5. The van der Waals surface area contributed by atoms with Crippen LogP contribution < -0.4 is 15.4 Å². The molecule has 0 unspecified atom stereocenters. The number of hydrogen-bond donors (Lipinski definition) is 2. The number of ether oxygens (including phenoxy) is 1. The summed E-state index contributed by atoms with van der Waals surface area (Å²) >= 11 is 8.51. The predicted octanol–water partition coefficient (Wildman–Crippen LogP) is 4.36. The molecule has 23 heavy (non-hydrogen) atoms. The number of carbonyl (C=O) groups is 1. The number of halogens is 1. The average molecular weight is 393 g/mol. The smallest absolute Gasteiger partial charge is 0.257 e. The third kappa shape index (κ3) is 5.65. The Kier molecular flexibility index (Phi) is 6.55. The van der Waals surface area contributed by atoms with Crippen LogP contribution in [0.2, 0.25) is 0 Å². The molecule has 0 aliphatic heterocycles. The molecule has 0 radical (unpaired) electrons. The van der Waals surface area contributed by atoms with Crippen molar-refractivity contribution in [3.63, 3.8) is 0 Å². The van der Waals surface area contributed by atoms with Crippen molar-refractivity contribution >= 4 is 44.9 Å². The number of thiocarbonyl (C=S) groups is 1. The second-order valence-corrected chi connectivity index (χ2v) is 6.12. The first kappa shape index (κ1) is 17.4. The number of hydrogen-bond acceptors (Lipinski definition) is 3. The van der Waals surface area contributed by atoms with Gasteiger partial charge in [-0.1, -0.05) is 28.9 Å². The number of nitrogens with one attached hydrogen (secondary N) is 2. The first-order chi connectivity index (χ1) is 11.1. The lowest BCUT2D eigenvalue weighted by atomic mass is 10.2. The summed E-state index contributed by atoms with van der Waals surface area (Å²) in [4.78, 5) is 12.1. The Balaban J connectivity index is 1.94. The summed E-state index contributed by atoms with van der Waals surface area (Å²) in [5.74, 6) is 0.507. The molecule has 0 bridgehead atoms. The number of carbonyl (C=O) groups excluding carboxylic acids is 1. The van der Waals surface area contributed by atoms with E-state index in [1.54, 1.807) is 24.3 Å². The molecule has 1 amide bonds. The fourth-order valence-electron chi connectivity index (χ4n) is 1.82. The fourth-order valence-corrected chi connectivity index (χ4v) is 2.30. The predicted molar refractivity (Wildman–Crippen MR) is 100 cm³/mol. The molecule has 2 aromatic rings. The SMILES string of the molecule is CCCOc1cccc(NC(=S)NC(=O)c2ccc(Br)cc2)c1. The van der Waals surface area contributed by atoms with Crippen LogP contribution in [-0.2, 0) is 0 Å². The van der Waals surface area contributed by atoms with E-state index in [4.69, 9.17) is 17.0 Å². The molecule has 0 aromatic heterocycles. The molecule has 0 saturated carbocycles. The molecule has 0 saturated heterocycles. The number of anilines is 1. The zero-order valence-electron chi connectivity index (χ0n) is 12.6. The lowest BCUT2D eigenvalue weighted by molar-refractivity contribution is 0.0977. The largest absolute Gasteiger partial charge is 0.494 e. The van der Waals surface area contributed by atoms with E-state index in [-0.39, 0.29) is 11.0 Å². The second kappa shape index (κ2) is 8.64. The molecule has 120 valence electrons. The maximum absolute atomic E-state index is 12.1. The highest BCUT2D eigenvalue weighted by Gasteiger charge is 2.08. The standard InChI is InChI=1S/C17H17BrN2O2S/c1-2-10-22-15-5-3-4-14(11-15)19-17(23)20-16(21)12-6-8-13(18)9-7-12/h3-9,11H,2,10H2,1H3,(H2,19,20,21,23). The summed E-state index contributed by atoms with van der Waals surface area (Å²) in [7, 11) is 0. The quantitative estimate of drug-likeness (QED) is 0.741. The second-order valence-electron chi connectivity index (χ2n) is 4.79. The topological polar surface area (TPSA) is 50.4 Å². The average Bonchev–Trinajstić information content (AvgIpc) is 2.53. The number of benzene rings is 2. The first-order valence-electron chi connectivity index (χ1n) is 7.19. The zero-order valence-corrected chi connectivity index (χ0v) is 15.0. The molecule has 4 nitrogen and oxygen atoms in total. The van der Waals surface area contributed by atoms with Crippen LogP contribution >= 0.6 is 28.1 Å². The van der Waals surface area contributed by atoms with Gasteiger partial charge < -0.3 is 10.1 Å². The minimum atomic E-state index is -0.256. The van der Waals surface area contributed by atoms with Gasteiger partial charge in [0.05, 0.1) is 6.61 Å². The van der Waals surface area contributed by atoms with Gasteiger partial charge in [0.2, 0.25) is 0 Å². The highest BCUT2D eigenvalue weighted by Crippen LogP contribution is 2.17. The highest BCUT2D eigenvalue weighted by atomic mass is 79.9. The van der Waals surface area contributed by atoms with Crippen LogP contribution in [0, 0.1) is 0 Å². The molecule has 0 aliphatic carbocycles. The van der Waals surface area contributed by atoms with Gasteiger partial charge >= 0.3 is 0 Å². The Morgan fingerprint density at radius 3 is 2.65 bits per heavy atom. The maximum Gasteiger partial charge on any atom is 0.257 e. The van der Waals surface area contributed by atoms with Crippen LogP contribution in [0.3, 0.4) is 0 Å². The van der Waals surface area contributed by atoms with Crippen molar-refractivity contribution in [1.29, 1.82) is 0 Å². The van der Waals surface area contributed by atoms with E-state index in [1.807, 2.05) is 24.3 Å². The Hall–Kier alpha value is -1.92. The third-order valence-corrected chi connectivity index (χ3v) is 3.63. The summed E-state index contributed by atoms with van der Waals surface area (Å²) < 4.78 is 6.48. The van der Waals surface area contributed by atoms with E-state index >= 15 is 0 Å². The summed E-state index contributed by atoms with van der Waals surface area (Å²) in [5.41, 5.74) is 1.30. The van der Waals surface area contributed by atoms with Crippen LogP contribution in [0.25, 0.3) is 0 Å². The van der Waals surface area contributed by atoms with Crippen molar-refractivity contribution in [1.82, 2.24) is 5.32 Å². The monoisotopic (exact) mass is 392 g/mol. The third-order valence-electron chi connectivity index (χ3n) is 2.90. The molecular weight excluding hydrogens is 376 g/mol. The summed E-state index contributed by atoms with van der Waals surface area (Å²) in [6.07, 6.45) is 0.944. The molecule has 0 heterocycles. The van der Waals surface area contributed by atoms with E-state index < -0.39 is 0 Å². The molecule has 0 spiro atoms. The van der Waals surface area contributed by atoms with Gasteiger partial charge in [0.25, 0.3) is 5.91 Å². The normalized spacial score (nSPS) is 10.0. The summed E-state index contributed by atoms with van der Waals surface area (Å²) in [6.45, 7) is 2.71. The number of rotatable bonds is 5. The van der Waals surface area contributed by atoms with Gasteiger partial charge in [-0.05, 0) is 55.0 Å². The van der Waals surface area contributed by atoms with Gasteiger partial charge in [0, 0.05) is 21.8 Å². The van der Waals surface area contributed by atoms with E-state index in [0.29, 0.717) is 12.2 Å². The molecular formula is C17H17BrN2O2S. The molecule has 0 fully saturated rings. The van der Waals surface area contributed by atoms with Crippen molar-refractivity contribution in [2.45, 2.75) is 13.3 Å². The molecule has 2 aromatic carbocycles. The number of amides is 1. The van der Waals surface area contributed by atoms with Crippen LogP contribution in [0.1, 0.15) is 23.7 Å². The zero-order chi connectivity index (χ0) is 16.7. The molecule has 2 N–H and O–H groups in total. The van der Waals surface area contributed by atoms with E-state index in [2.05, 4.69) is 33.5 Å². The minimum absolute atomic E-state index is 0.241. The van der Waals surface area contributed by atoms with E-state index in [9.17, 15) is 4.79 Å². The van der Waals surface area contributed by atoms with Crippen molar-refractivity contribution in [3.05, 3.63) is 58.6 Å². The van der Waals surface area contributed by atoms with Crippen LogP contribution in [0.4, 0.5) is 5.69 Å². The van der Waals surface area contributed by atoms with Crippen LogP contribution in [0.5, 0.6) is 5.75 Å². The lowest BCUT2D eigenvalue weighted by Gasteiger charge is -2.11. The van der Waals surface area contributed by atoms with Gasteiger partial charge in [0.1, 0.15) is 5.75 Å². The van der Waals surface area contributed by atoms with E-state index in [0.717, 1.165) is 22.3 Å². The first-order valence-corrected chi connectivity index (χ1v) is 8.39. The van der Waals surface area contributed by atoms with Crippen LogP contribution in [-0.4, -0.2) is 17.6 Å². The minimum Gasteiger partial charge on any atom is -0.494 e. The van der Waals surface area contributed by atoms with Gasteiger partial charge in [-0.25, -0.2) is 0 Å². The molecule has 2 rings (SSSR count). The highest BCUT2D eigenvalue weighted by molar-refractivity contribution is 9.10. The summed E-state index contributed by atoms with van der Waals surface area (Å²) in [5, 5.41) is 5.87. The van der Waals surface area contributed by atoms with Gasteiger partial charge in [0.15, 0.2) is 5.11 Å². The Labute approximate surface area is 149 Å². The Morgan fingerprint density at radius 1 is 1.22 bits per heavy atom. The molecule has 6 heteroatoms. The van der Waals surface area contributed by atoms with Crippen molar-refractivity contribution in [2.24, 2.45) is 0 Å². The molecule has 0 atom stereocenters. The van der Waals surface area contributed by atoms with Crippen molar-refractivity contribution in [2.75, 3.05) is 11.9 Å². The lowest BCUT2D eigenvalue weighted by Crippen LogP contribution is -2.34. The Bertz CT molecular complexity index is 689.